The quantitative estimate of drug-likeness (QED) is 0.571. The summed E-state index contributed by atoms with van der Waals surface area (Å²) in [5.74, 6) is -0.276. The molecule has 0 aliphatic carbocycles. The highest BCUT2D eigenvalue weighted by molar-refractivity contribution is 5.91. The van der Waals surface area contributed by atoms with E-state index in [1.165, 1.54) is 37.8 Å². The van der Waals surface area contributed by atoms with Gasteiger partial charge in [-0.1, -0.05) is 0 Å². The molecule has 0 spiro atoms. The first-order chi connectivity index (χ1) is 14.0. The zero-order valence-corrected chi connectivity index (χ0v) is 15.1. The van der Waals surface area contributed by atoms with Gasteiger partial charge in [0.05, 0.1) is 31.4 Å². The fraction of sp³-hybridized carbons (Fsp3) is 0.167. The fourth-order valence-electron chi connectivity index (χ4n) is 2.20. The van der Waals surface area contributed by atoms with Gasteiger partial charge in [-0.15, -0.1) is 0 Å². The van der Waals surface area contributed by atoms with Crippen molar-refractivity contribution in [3.63, 3.8) is 0 Å². The molecule has 0 aromatic carbocycles. The minimum Gasteiger partial charge on any atom is -0.495 e. The van der Waals surface area contributed by atoms with E-state index >= 15 is 0 Å². The highest BCUT2D eigenvalue weighted by Crippen LogP contribution is 2.19. The molecule has 9 nitrogen and oxygen atoms in total. The molecule has 3 aromatic heterocycles. The number of rotatable bonds is 8. The summed E-state index contributed by atoms with van der Waals surface area (Å²) in [5, 5.41) is 0. The molecule has 0 unspecified atom stereocenters. The molecule has 29 heavy (non-hydrogen) atoms. The van der Waals surface area contributed by atoms with E-state index in [1.54, 1.807) is 18.5 Å². The Kier molecular flexibility index (Phi) is 6.53. The average molecular weight is 403 g/mol. The molecule has 0 bridgehead atoms. The van der Waals surface area contributed by atoms with Crippen LogP contribution in [-0.2, 0) is 11.4 Å². The lowest BCUT2D eigenvalue weighted by Gasteiger charge is -2.08. The average Bonchev–Trinajstić information content (AvgIpc) is 2.74. The third kappa shape index (κ3) is 5.62. The van der Waals surface area contributed by atoms with E-state index in [0.717, 1.165) is 0 Å². The third-order valence-corrected chi connectivity index (χ3v) is 3.52. The molecule has 1 amide bonds. The van der Waals surface area contributed by atoms with Crippen LogP contribution < -0.4 is 15.0 Å². The second-order valence-corrected chi connectivity index (χ2v) is 5.51. The van der Waals surface area contributed by atoms with Crippen LogP contribution in [0, 0.1) is 0 Å². The number of nitrogens with zero attached hydrogens (tertiary/aromatic N) is 4. The lowest BCUT2D eigenvalue weighted by atomic mass is 10.2. The molecule has 0 fully saturated rings. The molecule has 0 atom stereocenters. The molecule has 3 rings (SSSR count). The zero-order valence-electron chi connectivity index (χ0n) is 15.1. The molecular weight excluding hydrogens is 388 g/mol. The Bertz CT molecular complexity index is 972. The van der Waals surface area contributed by atoms with Gasteiger partial charge >= 0.3 is 6.61 Å². The highest BCUT2D eigenvalue weighted by Gasteiger charge is 2.11. The number of aromatic nitrogens is 4. The van der Waals surface area contributed by atoms with Crippen molar-refractivity contribution in [3.05, 3.63) is 60.4 Å². The molecule has 11 heteroatoms. The van der Waals surface area contributed by atoms with Gasteiger partial charge in [0, 0.05) is 29.6 Å². The van der Waals surface area contributed by atoms with Crippen LogP contribution in [0.25, 0.3) is 11.3 Å². The highest BCUT2D eigenvalue weighted by atomic mass is 19.3. The Labute approximate surface area is 163 Å². The molecule has 0 aliphatic rings. The van der Waals surface area contributed by atoms with E-state index in [9.17, 15) is 13.6 Å². The maximum Gasteiger partial charge on any atom is 0.388 e. The van der Waals surface area contributed by atoms with E-state index < -0.39 is 12.5 Å². The number of hydroxylamine groups is 1. The lowest BCUT2D eigenvalue weighted by Crippen LogP contribution is -2.24. The van der Waals surface area contributed by atoms with Crippen LogP contribution in [0.3, 0.4) is 0 Å². The Hall–Kier alpha value is -3.73. The Balaban J connectivity index is 1.61. The zero-order chi connectivity index (χ0) is 20.6. The second kappa shape index (κ2) is 9.46. The molecule has 3 heterocycles. The van der Waals surface area contributed by atoms with E-state index in [4.69, 9.17) is 9.57 Å². The largest absolute Gasteiger partial charge is 0.495 e. The normalized spacial score (nSPS) is 10.6. The topological polar surface area (TPSA) is 108 Å². The molecule has 0 radical (unpaired) electrons. The second-order valence-electron chi connectivity index (χ2n) is 5.51. The summed E-state index contributed by atoms with van der Waals surface area (Å²) in [4.78, 5) is 33.3. The van der Waals surface area contributed by atoms with Crippen molar-refractivity contribution in [3.8, 4) is 22.9 Å². The summed E-state index contributed by atoms with van der Waals surface area (Å²) in [6, 6.07) is 4.46. The number of halogens is 2. The number of pyridine rings is 2. The number of nitrogens with one attached hydrogen (secondary N) is 1. The standard InChI is InChI=1S/C18H15F2N5O4/c1-27-13-4-11(5-21-7-13)10-28-25-17(26)15-9-22-8-14(24-15)12-2-3-16(23-6-12)29-18(19)20/h2-9,18H,10H2,1H3,(H,25,26). The first-order valence-electron chi connectivity index (χ1n) is 8.18. The molecule has 3 aromatic rings. The van der Waals surface area contributed by atoms with Gasteiger partial charge in [0.1, 0.15) is 18.1 Å². The smallest absolute Gasteiger partial charge is 0.388 e. The number of hydrogen-bond donors (Lipinski definition) is 1. The predicted octanol–water partition coefficient (Wildman–Crippen LogP) is 2.41. The van der Waals surface area contributed by atoms with Gasteiger partial charge in [-0.25, -0.2) is 15.4 Å². The van der Waals surface area contributed by atoms with Gasteiger partial charge in [0.15, 0.2) is 0 Å². The van der Waals surface area contributed by atoms with Crippen LogP contribution in [-0.4, -0.2) is 39.6 Å². The van der Waals surface area contributed by atoms with Crippen LogP contribution in [0.5, 0.6) is 11.6 Å². The van der Waals surface area contributed by atoms with Crippen molar-refractivity contribution in [1.82, 2.24) is 25.4 Å². The van der Waals surface area contributed by atoms with E-state index in [-0.39, 0.29) is 18.2 Å². The lowest BCUT2D eigenvalue weighted by molar-refractivity contribution is -0.0528. The van der Waals surface area contributed by atoms with Crippen molar-refractivity contribution < 1.29 is 27.9 Å². The van der Waals surface area contributed by atoms with Crippen LogP contribution in [0.15, 0.2) is 49.2 Å². The third-order valence-electron chi connectivity index (χ3n) is 3.52. The van der Waals surface area contributed by atoms with Crippen LogP contribution in [0.2, 0.25) is 0 Å². The minimum absolute atomic E-state index is 0.000765. The van der Waals surface area contributed by atoms with Crippen molar-refractivity contribution in [2.45, 2.75) is 13.2 Å². The Morgan fingerprint density at radius 3 is 2.69 bits per heavy atom. The first-order valence-corrected chi connectivity index (χ1v) is 8.18. The molecular formula is C18H15F2N5O4. The van der Waals surface area contributed by atoms with E-state index in [0.29, 0.717) is 22.6 Å². The summed E-state index contributed by atoms with van der Waals surface area (Å²) >= 11 is 0. The Morgan fingerprint density at radius 2 is 1.97 bits per heavy atom. The van der Waals surface area contributed by atoms with Gasteiger partial charge in [-0.2, -0.15) is 8.78 Å². The number of ether oxygens (including phenoxy) is 2. The number of alkyl halides is 2. The summed E-state index contributed by atoms with van der Waals surface area (Å²) < 4.78 is 33.6. The van der Waals surface area contributed by atoms with E-state index in [1.807, 2.05) is 0 Å². The van der Waals surface area contributed by atoms with Gasteiger partial charge in [0.2, 0.25) is 5.88 Å². The van der Waals surface area contributed by atoms with Crippen LogP contribution in [0.1, 0.15) is 16.1 Å². The van der Waals surface area contributed by atoms with Gasteiger partial charge in [-0.05, 0) is 12.1 Å². The number of amides is 1. The number of carbonyl (C=O) groups excluding carboxylic acids is 1. The number of hydrogen-bond acceptors (Lipinski definition) is 8. The fourth-order valence-corrected chi connectivity index (χ4v) is 2.20. The Morgan fingerprint density at radius 1 is 1.14 bits per heavy atom. The van der Waals surface area contributed by atoms with Gasteiger partial charge < -0.3 is 9.47 Å². The van der Waals surface area contributed by atoms with Crippen molar-refractivity contribution in [2.75, 3.05) is 7.11 Å². The maximum absolute atomic E-state index is 12.2. The summed E-state index contributed by atoms with van der Waals surface area (Å²) in [6.07, 6.45) is 7.07. The van der Waals surface area contributed by atoms with Gasteiger partial charge in [-0.3, -0.25) is 19.6 Å². The van der Waals surface area contributed by atoms with E-state index in [2.05, 4.69) is 30.2 Å². The molecule has 1 N–H and O–H groups in total. The van der Waals surface area contributed by atoms with Crippen LogP contribution in [0.4, 0.5) is 8.78 Å². The van der Waals surface area contributed by atoms with Crippen molar-refractivity contribution >= 4 is 5.91 Å². The SMILES string of the molecule is COc1cncc(CONC(=O)c2cncc(-c3ccc(OC(F)F)nc3)n2)c1. The first kappa shape index (κ1) is 20.0. The monoisotopic (exact) mass is 403 g/mol. The van der Waals surface area contributed by atoms with Crippen LogP contribution >= 0.6 is 0 Å². The predicted molar refractivity (Wildman–Crippen MR) is 94.9 cm³/mol. The molecule has 0 saturated carbocycles. The molecule has 150 valence electrons. The maximum atomic E-state index is 12.2. The molecule has 0 aliphatic heterocycles. The minimum atomic E-state index is -2.96. The summed E-state index contributed by atoms with van der Waals surface area (Å²) in [7, 11) is 1.52. The van der Waals surface area contributed by atoms with Crippen molar-refractivity contribution in [1.29, 1.82) is 0 Å². The van der Waals surface area contributed by atoms with Gasteiger partial charge in [0.25, 0.3) is 5.91 Å². The summed E-state index contributed by atoms with van der Waals surface area (Å²) in [6.45, 7) is -2.90. The molecule has 0 saturated heterocycles. The van der Waals surface area contributed by atoms with Crippen molar-refractivity contribution in [2.24, 2.45) is 0 Å². The summed E-state index contributed by atoms with van der Waals surface area (Å²) in [5.41, 5.74) is 3.75. The number of methoxy groups -OCH3 is 1. The number of carbonyl (C=O) groups is 1.